The van der Waals surface area contributed by atoms with Crippen LogP contribution in [-0.2, 0) is 4.74 Å². The molecule has 0 spiro atoms. The Morgan fingerprint density at radius 1 is 1.39 bits per heavy atom. The summed E-state index contributed by atoms with van der Waals surface area (Å²) in [6, 6.07) is 5.01. The summed E-state index contributed by atoms with van der Waals surface area (Å²) in [6.07, 6.45) is 1.95. The van der Waals surface area contributed by atoms with Gasteiger partial charge >= 0.3 is 0 Å². The molecule has 0 aliphatic rings. The van der Waals surface area contributed by atoms with Crippen LogP contribution in [0.25, 0.3) is 0 Å². The summed E-state index contributed by atoms with van der Waals surface area (Å²) >= 11 is 0. The smallest absolute Gasteiger partial charge is 0.248 e. The second-order valence-electron chi connectivity index (χ2n) is 4.06. The van der Waals surface area contributed by atoms with E-state index in [-0.39, 0.29) is 0 Å². The van der Waals surface area contributed by atoms with Crippen molar-refractivity contribution in [3.05, 3.63) is 23.8 Å². The Balaban J connectivity index is 2.36. The van der Waals surface area contributed by atoms with Gasteiger partial charge in [0.05, 0.1) is 11.4 Å². The number of benzene rings is 1. The van der Waals surface area contributed by atoms with Crippen molar-refractivity contribution in [2.45, 2.75) is 19.8 Å². The molecule has 0 atom stereocenters. The fourth-order valence-corrected chi connectivity index (χ4v) is 1.52. The van der Waals surface area contributed by atoms with Crippen molar-refractivity contribution < 1.29 is 9.53 Å². The normalized spacial score (nSPS) is 10.3. The van der Waals surface area contributed by atoms with Crippen LogP contribution in [0.5, 0.6) is 0 Å². The second kappa shape index (κ2) is 7.55. The maximum Gasteiger partial charge on any atom is 0.248 e. The van der Waals surface area contributed by atoms with E-state index in [2.05, 4.69) is 12.2 Å². The van der Waals surface area contributed by atoms with Crippen LogP contribution in [-0.4, -0.2) is 25.7 Å². The molecule has 5 N–H and O–H groups in total. The first-order chi connectivity index (χ1) is 8.65. The van der Waals surface area contributed by atoms with E-state index in [1.165, 1.54) is 0 Å². The SMILES string of the molecule is CCCOCCCNc1ccc(C(N)=O)cc1N. The number of primary amides is 1. The van der Waals surface area contributed by atoms with Crippen LogP contribution in [0.2, 0.25) is 0 Å². The summed E-state index contributed by atoms with van der Waals surface area (Å²) in [7, 11) is 0. The van der Waals surface area contributed by atoms with Crippen LogP contribution < -0.4 is 16.8 Å². The van der Waals surface area contributed by atoms with Gasteiger partial charge < -0.3 is 21.5 Å². The number of carbonyl (C=O) groups is 1. The molecule has 5 heteroatoms. The highest BCUT2D eigenvalue weighted by molar-refractivity contribution is 5.94. The summed E-state index contributed by atoms with van der Waals surface area (Å²) in [5.74, 6) is -0.471. The van der Waals surface area contributed by atoms with Gasteiger partial charge in [-0.05, 0) is 31.0 Å². The van der Waals surface area contributed by atoms with Crippen molar-refractivity contribution in [2.24, 2.45) is 5.73 Å². The molecule has 1 aromatic carbocycles. The average Bonchev–Trinajstić information content (AvgIpc) is 2.35. The number of rotatable bonds is 8. The van der Waals surface area contributed by atoms with Crippen molar-refractivity contribution in [1.29, 1.82) is 0 Å². The van der Waals surface area contributed by atoms with Crippen LogP contribution in [0.1, 0.15) is 30.1 Å². The summed E-state index contributed by atoms with van der Waals surface area (Å²) in [4.78, 5) is 11.0. The van der Waals surface area contributed by atoms with Crippen molar-refractivity contribution in [3.63, 3.8) is 0 Å². The number of carbonyl (C=O) groups excluding carboxylic acids is 1. The van der Waals surface area contributed by atoms with Gasteiger partial charge in [0.25, 0.3) is 0 Å². The Morgan fingerprint density at radius 2 is 2.17 bits per heavy atom. The molecule has 0 heterocycles. The third-order valence-electron chi connectivity index (χ3n) is 2.47. The number of anilines is 2. The first-order valence-corrected chi connectivity index (χ1v) is 6.16. The standard InChI is InChI=1S/C13H21N3O2/c1-2-7-18-8-3-6-16-12-5-4-10(13(15)17)9-11(12)14/h4-5,9,16H,2-3,6-8,14H2,1H3,(H2,15,17). The minimum absolute atomic E-state index is 0.421. The Kier molecular flexibility index (Phi) is 6.00. The van der Waals surface area contributed by atoms with Crippen LogP contribution in [0.15, 0.2) is 18.2 Å². The van der Waals surface area contributed by atoms with Crippen molar-refractivity contribution in [2.75, 3.05) is 30.8 Å². The number of hydrogen-bond donors (Lipinski definition) is 3. The van der Waals surface area contributed by atoms with Gasteiger partial charge in [-0.2, -0.15) is 0 Å². The largest absolute Gasteiger partial charge is 0.397 e. The first kappa shape index (κ1) is 14.3. The third-order valence-corrected chi connectivity index (χ3v) is 2.47. The Labute approximate surface area is 107 Å². The molecule has 0 unspecified atom stereocenters. The fraction of sp³-hybridized carbons (Fsp3) is 0.462. The molecule has 0 aliphatic heterocycles. The molecule has 18 heavy (non-hydrogen) atoms. The summed E-state index contributed by atoms with van der Waals surface area (Å²) in [6.45, 7) is 4.40. The second-order valence-corrected chi connectivity index (χ2v) is 4.06. The molecule has 1 rings (SSSR count). The highest BCUT2D eigenvalue weighted by Crippen LogP contribution is 2.19. The molecule has 100 valence electrons. The van der Waals surface area contributed by atoms with Crippen LogP contribution >= 0.6 is 0 Å². The van der Waals surface area contributed by atoms with Gasteiger partial charge in [-0.1, -0.05) is 6.92 Å². The maximum absolute atomic E-state index is 11.0. The molecular weight excluding hydrogens is 230 g/mol. The van der Waals surface area contributed by atoms with Crippen molar-refractivity contribution >= 4 is 17.3 Å². The van der Waals surface area contributed by atoms with Gasteiger partial charge in [0.2, 0.25) is 5.91 Å². The van der Waals surface area contributed by atoms with Gasteiger partial charge in [0.1, 0.15) is 0 Å². The molecule has 0 radical (unpaired) electrons. The Bertz CT molecular complexity index is 394. The monoisotopic (exact) mass is 251 g/mol. The van der Waals surface area contributed by atoms with Gasteiger partial charge in [0, 0.05) is 25.3 Å². The predicted molar refractivity (Wildman–Crippen MR) is 73.6 cm³/mol. The lowest BCUT2D eigenvalue weighted by atomic mass is 10.1. The molecule has 0 aliphatic carbocycles. The quantitative estimate of drug-likeness (QED) is 0.483. The van der Waals surface area contributed by atoms with E-state index in [0.717, 1.165) is 38.3 Å². The van der Waals surface area contributed by atoms with Gasteiger partial charge in [0.15, 0.2) is 0 Å². The van der Waals surface area contributed by atoms with E-state index in [1.54, 1.807) is 18.2 Å². The highest BCUT2D eigenvalue weighted by Gasteiger charge is 2.04. The average molecular weight is 251 g/mol. The van der Waals surface area contributed by atoms with E-state index in [9.17, 15) is 4.79 Å². The minimum Gasteiger partial charge on any atom is -0.397 e. The predicted octanol–water partition coefficient (Wildman–Crippen LogP) is 1.60. The fourth-order valence-electron chi connectivity index (χ4n) is 1.52. The topological polar surface area (TPSA) is 90.4 Å². The van der Waals surface area contributed by atoms with E-state index < -0.39 is 5.91 Å². The molecule has 0 saturated carbocycles. The number of nitrogens with two attached hydrogens (primary N) is 2. The summed E-state index contributed by atoms with van der Waals surface area (Å²) in [5, 5.41) is 3.20. The molecular formula is C13H21N3O2. The van der Waals surface area contributed by atoms with E-state index in [4.69, 9.17) is 16.2 Å². The third kappa shape index (κ3) is 4.63. The zero-order valence-corrected chi connectivity index (χ0v) is 10.7. The van der Waals surface area contributed by atoms with Crippen molar-refractivity contribution in [1.82, 2.24) is 0 Å². The Morgan fingerprint density at radius 3 is 2.78 bits per heavy atom. The molecule has 0 aromatic heterocycles. The number of ether oxygens (including phenoxy) is 1. The first-order valence-electron chi connectivity index (χ1n) is 6.16. The van der Waals surface area contributed by atoms with Crippen LogP contribution in [0.3, 0.4) is 0 Å². The number of amides is 1. The molecule has 1 aromatic rings. The van der Waals surface area contributed by atoms with Gasteiger partial charge in [-0.15, -0.1) is 0 Å². The highest BCUT2D eigenvalue weighted by atomic mass is 16.5. The zero-order chi connectivity index (χ0) is 13.4. The van der Waals surface area contributed by atoms with Crippen LogP contribution in [0.4, 0.5) is 11.4 Å². The minimum atomic E-state index is -0.471. The molecule has 5 nitrogen and oxygen atoms in total. The molecule has 0 bridgehead atoms. The van der Waals surface area contributed by atoms with E-state index in [0.29, 0.717) is 11.3 Å². The molecule has 0 saturated heterocycles. The number of nitrogen functional groups attached to an aromatic ring is 1. The summed E-state index contributed by atoms with van der Waals surface area (Å²) < 4.78 is 5.37. The summed E-state index contributed by atoms with van der Waals surface area (Å²) in [5.41, 5.74) is 12.8. The van der Waals surface area contributed by atoms with E-state index >= 15 is 0 Å². The lowest BCUT2D eigenvalue weighted by molar-refractivity contribution is 0.100. The van der Waals surface area contributed by atoms with Gasteiger partial charge in [-0.25, -0.2) is 0 Å². The molecule has 1 amide bonds. The Hall–Kier alpha value is -1.75. The maximum atomic E-state index is 11.0. The number of nitrogens with one attached hydrogen (secondary N) is 1. The zero-order valence-electron chi connectivity index (χ0n) is 10.7. The lowest BCUT2D eigenvalue weighted by Crippen LogP contribution is -2.12. The lowest BCUT2D eigenvalue weighted by Gasteiger charge is -2.10. The number of hydrogen-bond acceptors (Lipinski definition) is 4. The van der Waals surface area contributed by atoms with Crippen molar-refractivity contribution in [3.8, 4) is 0 Å². The van der Waals surface area contributed by atoms with Crippen LogP contribution in [0, 0.1) is 0 Å². The van der Waals surface area contributed by atoms with E-state index in [1.807, 2.05) is 0 Å². The molecule has 0 fully saturated rings. The van der Waals surface area contributed by atoms with Gasteiger partial charge in [-0.3, -0.25) is 4.79 Å².